The van der Waals surface area contributed by atoms with E-state index in [1.165, 1.54) is 0 Å². The van der Waals surface area contributed by atoms with Gasteiger partial charge in [0.2, 0.25) is 5.89 Å². The van der Waals surface area contributed by atoms with Crippen molar-refractivity contribution in [2.45, 2.75) is 25.1 Å². The quantitative estimate of drug-likeness (QED) is 0.810. The lowest BCUT2D eigenvalue weighted by Crippen LogP contribution is -2.52. The van der Waals surface area contributed by atoms with Crippen molar-refractivity contribution in [3.8, 4) is 0 Å². The maximum atomic E-state index is 12.0. The van der Waals surface area contributed by atoms with Gasteiger partial charge in [-0.15, -0.1) is 0 Å². The predicted octanol–water partition coefficient (Wildman–Crippen LogP) is 2.60. The van der Waals surface area contributed by atoms with Crippen LogP contribution in [0.25, 0.3) is 11.1 Å². The monoisotopic (exact) mass is 372 g/mol. The van der Waals surface area contributed by atoms with Gasteiger partial charge in [-0.1, -0.05) is 15.9 Å². The molecule has 0 amide bonds. The molecule has 0 N–H and O–H groups in total. The molecule has 5 nitrogen and oxygen atoms in total. The van der Waals surface area contributed by atoms with Gasteiger partial charge in [0.05, 0.1) is 17.0 Å². The topological polar surface area (TPSA) is 63.4 Å². The standard InChI is InChI=1S/C14H17BrN2O3S/c1-14(2)9-17(5-6-21(14,18)19)8-13-16-11-4-3-10(15)7-12(11)20-13/h3-4,7H,5-6,8-9H2,1-2H3. The minimum atomic E-state index is -3.02. The molecule has 114 valence electrons. The Morgan fingerprint density at radius 2 is 2.19 bits per heavy atom. The maximum absolute atomic E-state index is 12.0. The number of halogens is 1. The zero-order valence-corrected chi connectivity index (χ0v) is 14.4. The predicted molar refractivity (Wildman–Crippen MR) is 84.9 cm³/mol. The van der Waals surface area contributed by atoms with E-state index in [0.29, 0.717) is 25.5 Å². The molecule has 1 fully saturated rings. The van der Waals surface area contributed by atoms with Crippen molar-refractivity contribution in [2.24, 2.45) is 0 Å². The second-order valence-corrected chi connectivity index (χ2v) is 9.67. The molecule has 0 aliphatic carbocycles. The number of oxazole rings is 1. The van der Waals surface area contributed by atoms with E-state index in [1.54, 1.807) is 13.8 Å². The van der Waals surface area contributed by atoms with Gasteiger partial charge in [-0.05, 0) is 32.0 Å². The molecule has 1 aromatic carbocycles. The lowest BCUT2D eigenvalue weighted by molar-refractivity contribution is 0.222. The number of hydrogen-bond acceptors (Lipinski definition) is 5. The van der Waals surface area contributed by atoms with Crippen molar-refractivity contribution in [1.29, 1.82) is 0 Å². The first kappa shape index (κ1) is 15.0. The summed E-state index contributed by atoms with van der Waals surface area (Å²) in [6.45, 7) is 5.10. The zero-order chi connectivity index (χ0) is 15.3. The van der Waals surface area contributed by atoms with Crippen LogP contribution in [0.3, 0.4) is 0 Å². The first-order chi connectivity index (χ1) is 9.77. The number of sulfone groups is 1. The summed E-state index contributed by atoms with van der Waals surface area (Å²) in [6.07, 6.45) is 0. The van der Waals surface area contributed by atoms with Crippen LogP contribution in [-0.4, -0.2) is 41.9 Å². The van der Waals surface area contributed by atoms with Crippen LogP contribution in [0, 0.1) is 0 Å². The third-order valence-corrected chi connectivity index (χ3v) is 6.90. The SMILES string of the molecule is CC1(C)CN(Cc2nc3ccc(Br)cc3o2)CCS1(=O)=O. The highest BCUT2D eigenvalue weighted by atomic mass is 79.9. The smallest absolute Gasteiger partial charge is 0.209 e. The van der Waals surface area contributed by atoms with Crippen LogP contribution in [0.5, 0.6) is 0 Å². The number of fused-ring (bicyclic) bond motifs is 1. The van der Waals surface area contributed by atoms with Gasteiger partial charge in [0.1, 0.15) is 5.52 Å². The fraction of sp³-hybridized carbons (Fsp3) is 0.500. The Labute approximate surface area is 132 Å². The van der Waals surface area contributed by atoms with Crippen molar-refractivity contribution in [1.82, 2.24) is 9.88 Å². The van der Waals surface area contributed by atoms with Gasteiger partial charge in [0.25, 0.3) is 0 Å². The average molecular weight is 373 g/mol. The molecule has 3 rings (SSSR count). The van der Waals surface area contributed by atoms with E-state index < -0.39 is 14.6 Å². The van der Waals surface area contributed by atoms with Gasteiger partial charge in [-0.25, -0.2) is 13.4 Å². The number of benzene rings is 1. The van der Waals surface area contributed by atoms with Crippen LogP contribution >= 0.6 is 15.9 Å². The Kier molecular flexibility index (Phi) is 3.62. The number of nitrogens with zero attached hydrogens (tertiary/aromatic N) is 2. The van der Waals surface area contributed by atoms with Crippen molar-refractivity contribution in [3.63, 3.8) is 0 Å². The minimum absolute atomic E-state index is 0.186. The maximum Gasteiger partial charge on any atom is 0.209 e. The molecule has 1 aromatic heterocycles. The fourth-order valence-corrected chi connectivity index (χ4v) is 4.35. The first-order valence-corrected chi connectivity index (χ1v) is 9.21. The van der Waals surface area contributed by atoms with Gasteiger partial charge in [-0.3, -0.25) is 4.90 Å². The van der Waals surface area contributed by atoms with Crippen LogP contribution in [0.15, 0.2) is 27.1 Å². The molecule has 0 atom stereocenters. The molecule has 2 aromatic rings. The first-order valence-electron chi connectivity index (χ1n) is 6.76. The lowest BCUT2D eigenvalue weighted by atomic mass is 10.2. The highest BCUT2D eigenvalue weighted by molar-refractivity contribution is 9.10. The van der Waals surface area contributed by atoms with Gasteiger partial charge in [-0.2, -0.15) is 0 Å². The molecule has 1 aliphatic heterocycles. The second-order valence-electron chi connectivity index (χ2n) is 6.01. The number of hydrogen-bond donors (Lipinski definition) is 0. The molecule has 0 radical (unpaired) electrons. The Morgan fingerprint density at radius 3 is 2.90 bits per heavy atom. The number of rotatable bonds is 2. The third kappa shape index (κ3) is 2.86. The molecule has 0 spiro atoms. The molecular formula is C14H17BrN2O3S. The number of aromatic nitrogens is 1. The van der Waals surface area contributed by atoms with Gasteiger partial charge >= 0.3 is 0 Å². The normalized spacial score (nSPS) is 21.7. The summed E-state index contributed by atoms with van der Waals surface area (Å²) in [5.41, 5.74) is 1.56. The summed E-state index contributed by atoms with van der Waals surface area (Å²) in [7, 11) is -3.02. The molecule has 1 aliphatic rings. The largest absolute Gasteiger partial charge is 0.439 e. The molecular weight excluding hydrogens is 356 g/mol. The van der Waals surface area contributed by atoms with Crippen LogP contribution in [0.4, 0.5) is 0 Å². The summed E-state index contributed by atoms with van der Waals surface area (Å²) in [6, 6.07) is 5.71. The lowest BCUT2D eigenvalue weighted by Gasteiger charge is -2.36. The molecule has 2 heterocycles. The Balaban J connectivity index is 1.80. The van der Waals surface area contributed by atoms with Crippen LogP contribution in [-0.2, 0) is 16.4 Å². The van der Waals surface area contributed by atoms with Gasteiger partial charge in [0.15, 0.2) is 15.4 Å². The molecule has 0 unspecified atom stereocenters. The zero-order valence-electron chi connectivity index (χ0n) is 12.0. The van der Waals surface area contributed by atoms with Crippen molar-refractivity contribution in [3.05, 3.63) is 28.6 Å². The van der Waals surface area contributed by atoms with E-state index in [0.717, 1.165) is 15.6 Å². The van der Waals surface area contributed by atoms with E-state index in [4.69, 9.17) is 4.42 Å². The molecule has 21 heavy (non-hydrogen) atoms. The molecule has 0 saturated carbocycles. The third-order valence-electron chi connectivity index (χ3n) is 3.88. The summed E-state index contributed by atoms with van der Waals surface area (Å²) in [5.74, 6) is 0.810. The highest BCUT2D eigenvalue weighted by Gasteiger charge is 2.40. The summed E-state index contributed by atoms with van der Waals surface area (Å²) >= 11 is 3.40. The van der Waals surface area contributed by atoms with Crippen molar-refractivity contribution < 1.29 is 12.8 Å². The Hall–Kier alpha value is -0.920. The summed E-state index contributed by atoms with van der Waals surface area (Å²) < 4.78 is 30.0. The Morgan fingerprint density at radius 1 is 1.43 bits per heavy atom. The van der Waals surface area contributed by atoms with E-state index >= 15 is 0 Å². The van der Waals surface area contributed by atoms with E-state index in [-0.39, 0.29) is 5.75 Å². The van der Waals surface area contributed by atoms with Crippen molar-refractivity contribution >= 4 is 36.9 Å². The fourth-order valence-electron chi connectivity index (χ4n) is 2.58. The van der Waals surface area contributed by atoms with Gasteiger partial charge in [0, 0.05) is 17.6 Å². The van der Waals surface area contributed by atoms with E-state index in [2.05, 4.69) is 25.8 Å². The summed E-state index contributed by atoms with van der Waals surface area (Å²) in [5, 5.41) is 0. The minimum Gasteiger partial charge on any atom is -0.439 e. The van der Waals surface area contributed by atoms with E-state index in [9.17, 15) is 8.42 Å². The molecule has 0 bridgehead atoms. The van der Waals surface area contributed by atoms with Crippen LogP contribution < -0.4 is 0 Å². The Bertz CT molecular complexity index is 783. The van der Waals surface area contributed by atoms with Crippen molar-refractivity contribution in [2.75, 3.05) is 18.8 Å². The van der Waals surface area contributed by atoms with E-state index in [1.807, 2.05) is 18.2 Å². The highest BCUT2D eigenvalue weighted by Crippen LogP contribution is 2.26. The molecule has 1 saturated heterocycles. The summed E-state index contributed by atoms with van der Waals surface area (Å²) in [4.78, 5) is 6.54. The van der Waals surface area contributed by atoms with Gasteiger partial charge < -0.3 is 4.42 Å². The van der Waals surface area contributed by atoms with Crippen LogP contribution in [0.2, 0.25) is 0 Å². The van der Waals surface area contributed by atoms with Crippen LogP contribution in [0.1, 0.15) is 19.7 Å². The second kappa shape index (κ2) is 5.07. The molecule has 7 heteroatoms. The average Bonchev–Trinajstić information content (AvgIpc) is 2.75.